The number of nitriles is 1. The first-order valence-corrected chi connectivity index (χ1v) is 7.59. The zero-order chi connectivity index (χ0) is 19.3. The van der Waals surface area contributed by atoms with Crippen LogP contribution in [0.1, 0.15) is 28.4 Å². The number of nitro benzene ring substituents is 1. The number of amides is 1. The van der Waals surface area contributed by atoms with Gasteiger partial charge < -0.3 is 10.1 Å². The molecule has 2 aromatic rings. The van der Waals surface area contributed by atoms with E-state index in [-0.39, 0.29) is 16.8 Å². The van der Waals surface area contributed by atoms with Crippen molar-refractivity contribution in [2.24, 2.45) is 0 Å². The number of carbonyl (C=O) groups excluding carboxylic acids is 2. The fourth-order valence-electron chi connectivity index (χ4n) is 2.19. The van der Waals surface area contributed by atoms with E-state index in [4.69, 9.17) is 10.00 Å². The summed E-state index contributed by atoms with van der Waals surface area (Å²) in [4.78, 5) is 34.6. The van der Waals surface area contributed by atoms with E-state index < -0.39 is 22.9 Å². The van der Waals surface area contributed by atoms with Crippen LogP contribution in [0.5, 0.6) is 0 Å². The molecular formula is C18H15N3O5. The Morgan fingerprint density at radius 1 is 1.27 bits per heavy atom. The van der Waals surface area contributed by atoms with E-state index in [0.717, 1.165) is 0 Å². The van der Waals surface area contributed by atoms with E-state index in [1.807, 2.05) is 6.07 Å². The van der Waals surface area contributed by atoms with Crippen LogP contribution in [0.4, 0.5) is 11.4 Å². The van der Waals surface area contributed by atoms with Crippen LogP contribution in [0.3, 0.4) is 0 Å². The van der Waals surface area contributed by atoms with Crippen molar-refractivity contribution in [2.75, 3.05) is 5.32 Å². The van der Waals surface area contributed by atoms with Crippen molar-refractivity contribution < 1.29 is 19.2 Å². The summed E-state index contributed by atoms with van der Waals surface area (Å²) in [6.07, 6.45) is -1.12. The first-order chi connectivity index (χ1) is 12.3. The Morgan fingerprint density at radius 2 is 1.96 bits per heavy atom. The number of nitrogens with zero attached hydrogens (tertiary/aromatic N) is 2. The van der Waals surface area contributed by atoms with Gasteiger partial charge in [-0.15, -0.1) is 0 Å². The summed E-state index contributed by atoms with van der Waals surface area (Å²) < 4.78 is 5.10. The monoisotopic (exact) mass is 353 g/mol. The molecule has 0 saturated carbocycles. The van der Waals surface area contributed by atoms with Gasteiger partial charge in [0, 0.05) is 11.6 Å². The molecule has 2 rings (SSSR count). The van der Waals surface area contributed by atoms with Crippen molar-refractivity contribution in [1.82, 2.24) is 0 Å². The van der Waals surface area contributed by atoms with Crippen LogP contribution >= 0.6 is 0 Å². The Labute approximate surface area is 149 Å². The zero-order valence-electron chi connectivity index (χ0n) is 14.1. The van der Waals surface area contributed by atoms with Crippen molar-refractivity contribution in [1.29, 1.82) is 5.26 Å². The summed E-state index contributed by atoms with van der Waals surface area (Å²) in [7, 11) is 0. The van der Waals surface area contributed by atoms with Gasteiger partial charge in [-0.05, 0) is 38.1 Å². The second-order valence-corrected chi connectivity index (χ2v) is 5.45. The predicted octanol–water partition coefficient (Wildman–Crippen LogP) is 2.96. The van der Waals surface area contributed by atoms with E-state index in [1.54, 1.807) is 24.3 Å². The molecule has 8 heteroatoms. The van der Waals surface area contributed by atoms with Gasteiger partial charge in [0.15, 0.2) is 6.10 Å². The highest BCUT2D eigenvalue weighted by Gasteiger charge is 2.21. The molecule has 2 aromatic carbocycles. The molecule has 0 unspecified atom stereocenters. The number of aryl methyl sites for hydroxylation is 1. The van der Waals surface area contributed by atoms with Gasteiger partial charge in [-0.2, -0.15) is 5.26 Å². The number of hydrogen-bond acceptors (Lipinski definition) is 6. The standard InChI is InChI=1S/C18H15N3O5/c1-11-9-13(7-8-16(11)21(24)25)18(23)26-12(2)17(22)20-15-6-4-3-5-14(15)10-19/h3-9,12H,1-2H3,(H,20,22)/t12-/m0/s1. The molecule has 1 atom stereocenters. The molecule has 0 radical (unpaired) electrons. The number of carbonyl (C=O) groups is 2. The smallest absolute Gasteiger partial charge is 0.338 e. The fourth-order valence-corrected chi connectivity index (χ4v) is 2.19. The Morgan fingerprint density at radius 3 is 2.58 bits per heavy atom. The number of esters is 1. The molecule has 1 N–H and O–H groups in total. The second-order valence-electron chi connectivity index (χ2n) is 5.45. The quantitative estimate of drug-likeness (QED) is 0.501. The fraction of sp³-hybridized carbons (Fsp3) is 0.167. The molecule has 0 spiro atoms. The van der Waals surface area contributed by atoms with Crippen LogP contribution in [0, 0.1) is 28.4 Å². The summed E-state index contributed by atoms with van der Waals surface area (Å²) in [6, 6.07) is 12.2. The van der Waals surface area contributed by atoms with E-state index >= 15 is 0 Å². The maximum atomic E-state index is 12.2. The first-order valence-electron chi connectivity index (χ1n) is 7.59. The van der Waals surface area contributed by atoms with Gasteiger partial charge in [-0.3, -0.25) is 14.9 Å². The third-order valence-electron chi connectivity index (χ3n) is 3.59. The normalized spacial score (nSPS) is 11.1. The number of rotatable bonds is 5. The molecule has 132 valence electrons. The molecule has 26 heavy (non-hydrogen) atoms. The first kappa shape index (κ1) is 18.6. The molecule has 0 aromatic heterocycles. The highest BCUT2D eigenvalue weighted by atomic mass is 16.6. The number of hydrogen-bond donors (Lipinski definition) is 1. The Kier molecular flexibility index (Phi) is 5.65. The maximum absolute atomic E-state index is 12.2. The minimum absolute atomic E-state index is 0.102. The summed E-state index contributed by atoms with van der Waals surface area (Å²) in [6.45, 7) is 2.89. The highest BCUT2D eigenvalue weighted by Crippen LogP contribution is 2.20. The average Bonchev–Trinajstić information content (AvgIpc) is 2.61. The third kappa shape index (κ3) is 4.21. The number of benzene rings is 2. The molecular weight excluding hydrogens is 338 g/mol. The number of nitrogens with one attached hydrogen (secondary N) is 1. The van der Waals surface area contributed by atoms with Gasteiger partial charge in [0.05, 0.1) is 21.7 Å². The molecule has 0 aliphatic rings. The van der Waals surface area contributed by atoms with Gasteiger partial charge in [0.2, 0.25) is 0 Å². The van der Waals surface area contributed by atoms with Gasteiger partial charge in [0.1, 0.15) is 6.07 Å². The van der Waals surface area contributed by atoms with E-state index in [1.165, 1.54) is 32.0 Å². The molecule has 0 aliphatic heterocycles. The lowest BCUT2D eigenvalue weighted by atomic mass is 10.1. The Balaban J connectivity index is 2.07. The molecule has 0 heterocycles. The summed E-state index contributed by atoms with van der Waals surface area (Å²) in [5.74, 6) is -1.38. The van der Waals surface area contributed by atoms with Gasteiger partial charge in [-0.1, -0.05) is 12.1 Å². The van der Waals surface area contributed by atoms with Gasteiger partial charge in [-0.25, -0.2) is 4.79 Å². The number of para-hydroxylation sites is 1. The largest absolute Gasteiger partial charge is 0.449 e. The minimum atomic E-state index is -1.12. The van der Waals surface area contributed by atoms with Gasteiger partial charge in [0.25, 0.3) is 11.6 Å². The molecule has 0 bridgehead atoms. The number of ether oxygens (including phenoxy) is 1. The lowest BCUT2D eigenvalue weighted by molar-refractivity contribution is -0.385. The molecule has 1 amide bonds. The van der Waals surface area contributed by atoms with Crippen molar-refractivity contribution in [3.63, 3.8) is 0 Å². The lowest BCUT2D eigenvalue weighted by Crippen LogP contribution is -2.30. The van der Waals surface area contributed by atoms with Crippen molar-refractivity contribution in [2.45, 2.75) is 20.0 Å². The van der Waals surface area contributed by atoms with E-state index in [2.05, 4.69) is 5.32 Å². The van der Waals surface area contributed by atoms with Crippen molar-refractivity contribution >= 4 is 23.3 Å². The number of anilines is 1. The second kappa shape index (κ2) is 7.90. The van der Waals surface area contributed by atoms with Crippen molar-refractivity contribution in [3.8, 4) is 6.07 Å². The van der Waals surface area contributed by atoms with Crippen LogP contribution in [-0.2, 0) is 9.53 Å². The Bertz CT molecular complexity index is 917. The maximum Gasteiger partial charge on any atom is 0.338 e. The minimum Gasteiger partial charge on any atom is -0.449 e. The Hall–Kier alpha value is -3.73. The average molecular weight is 353 g/mol. The number of nitro groups is 1. The molecule has 8 nitrogen and oxygen atoms in total. The molecule has 0 aliphatic carbocycles. The zero-order valence-corrected chi connectivity index (χ0v) is 14.1. The SMILES string of the molecule is Cc1cc(C(=O)O[C@@H](C)C(=O)Nc2ccccc2C#N)ccc1[N+](=O)[O-]. The van der Waals surface area contributed by atoms with Crippen LogP contribution in [0.2, 0.25) is 0 Å². The van der Waals surface area contributed by atoms with E-state index in [9.17, 15) is 19.7 Å². The highest BCUT2D eigenvalue weighted by molar-refractivity contribution is 5.98. The summed E-state index contributed by atoms with van der Waals surface area (Å²) in [5, 5.41) is 22.4. The van der Waals surface area contributed by atoms with Gasteiger partial charge >= 0.3 is 5.97 Å². The van der Waals surface area contributed by atoms with Crippen LogP contribution in [0.15, 0.2) is 42.5 Å². The lowest BCUT2D eigenvalue weighted by Gasteiger charge is -2.14. The molecule has 0 saturated heterocycles. The predicted molar refractivity (Wildman–Crippen MR) is 92.5 cm³/mol. The summed E-state index contributed by atoms with van der Waals surface area (Å²) >= 11 is 0. The molecule has 0 fully saturated rings. The third-order valence-corrected chi connectivity index (χ3v) is 3.59. The van der Waals surface area contributed by atoms with E-state index in [0.29, 0.717) is 11.3 Å². The topological polar surface area (TPSA) is 122 Å². The van der Waals surface area contributed by atoms with Crippen molar-refractivity contribution in [3.05, 3.63) is 69.3 Å². The van der Waals surface area contributed by atoms with Crippen LogP contribution in [0.25, 0.3) is 0 Å². The van der Waals surface area contributed by atoms with Crippen LogP contribution in [-0.4, -0.2) is 22.9 Å². The summed E-state index contributed by atoms with van der Waals surface area (Å²) in [5.41, 5.74) is 0.898. The van der Waals surface area contributed by atoms with Crippen LogP contribution < -0.4 is 5.32 Å².